The topological polar surface area (TPSA) is 79.7 Å². The molecule has 9 heteroatoms. The molecule has 0 saturated carbocycles. The van der Waals surface area contributed by atoms with E-state index in [2.05, 4.69) is 24.1 Å². The Balaban J connectivity index is 1.57. The highest BCUT2D eigenvalue weighted by molar-refractivity contribution is 6.31. The first kappa shape index (κ1) is 25.0. The number of halogens is 1. The van der Waals surface area contributed by atoms with E-state index < -0.39 is 6.04 Å². The lowest BCUT2D eigenvalue weighted by atomic mass is 10.1. The minimum Gasteiger partial charge on any atom is -0.496 e. The summed E-state index contributed by atoms with van der Waals surface area (Å²) in [4.78, 5) is 35.4. The number of fused-ring (bicyclic) bond motifs is 1. The molecule has 0 radical (unpaired) electrons. The molecule has 1 fully saturated rings. The normalized spacial score (nSPS) is 15.7. The number of hydrogen-bond donors (Lipinski definition) is 1. The molecule has 3 aromatic rings. The first-order valence-electron chi connectivity index (χ1n) is 12.1. The number of likely N-dealkylation sites (tertiary alicyclic amines) is 1. The maximum atomic E-state index is 13.4. The monoisotopic (exact) mass is 497 g/mol. The van der Waals surface area contributed by atoms with E-state index in [-0.39, 0.29) is 11.8 Å². The third-order valence-electron chi connectivity index (χ3n) is 6.63. The van der Waals surface area contributed by atoms with Crippen LogP contribution in [0, 0.1) is 0 Å². The van der Waals surface area contributed by atoms with Gasteiger partial charge in [0.2, 0.25) is 11.9 Å². The van der Waals surface area contributed by atoms with Gasteiger partial charge in [-0.15, -0.1) is 0 Å². The number of aromatic nitrogens is 2. The molecule has 1 N–H and O–H groups in total. The Hall–Kier alpha value is -3.10. The van der Waals surface area contributed by atoms with Crippen LogP contribution in [-0.4, -0.2) is 70.5 Å². The third kappa shape index (κ3) is 5.28. The molecule has 1 aromatic heterocycles. The van der Waals surface area contributed by atoms with Crippen LogP contribution in [0.3, 0.4) is 0 Å². The number of rotatable bonds is 9. The van der Waals surface area contributed by atoms with Crippen LogP contribution in [0.4, 0.5) is 5.95 Å². The van der Waals surface area contributed by atoms with Crippen LogP contribution in [-0.2, 0) is 11.3 Å². The number of imidazole rings is 1. The highest BCUT2D eigenvalue weighted by Gasteiger charge is 2.36. The van der Waals surface area contributed by atoms with Gasteiger partial charge in [0.1, 0.15) is 11.8 Å². The van der Waals surface area contributed by atoms with Gasteiger partial charge in [-0.05, 0) is 56.3 Å². The molecule has 1 aliphatic rings. The Morgan fingerprint density at radius 3 is 2.71 bits per heavy atom. The number of carbonyl (C=O) groups excluding carboxylic acids is 2. The molecule has 35 heavy (non-hydrogen) atoms. The maximum absolute atomic E-state index is 13.4. The second kappa shape index (κ2) is 11.1. The van der Waals surface area contributed by atoms with Gasteiger partial charge in [-0.1, -0.05) is 37.6 Å². The van der Waals surface area contributed by atoms with Gasteiger partial charge in [-0.3, -0.25) is 14.9 Å². The molecule has 1 aliphatic heterocycles. The first-order valence-corrected chi connectivity index (χ1v) is 12.5. The summed E-state index contributed by atoms with van der Waals surface area (Å²) in [5, 5.41) is 3.46. The summed E-state index contributed by atoms with van der Waals surface area (Å²) >= 11 is 6.14. The average Bonchev–Trinajstić information content (AvgIpc) is 3.49. The number of benzene rings is 2. The molecule has 2 heterocycles. The Morgan fingerprint density at radius 2 is 1.97 bits per heavy atom. The number of likely N-dealkylation sites (N-methyl/N-ethyl adjacent to an activating group) is 1. The predicted octanol–water partition coefficient (Wildman–Crippen LogP) is 4.28. The average molecular weight is 498 g/mol. The number of nitrogens with one attached hydrogen (secondary N) is 1. The number of amides is 2. The first-order chi connectivity index (χ1) is 17.0. The van der Waals surface area contributed by atoms with Crippen molar-refractivity contribution in [2.45, 2.75) is 39.3 Å². The fourth-order valence-electron chi connectivity index (χ4n) is 4.66. The van der Waals surface area contributed by atoms with Gasteiger partial charge >= 0.3 is 0 Å². The number of nitrogens with zero attached hydrogens (tertiary/aromatic N) is 4. The van der Waals surface area contributed by atoms with Crippen molar-refractivity contribution in [3.8, 4) is 5.75 Å². The third-order valence-corrected chi connectivity index (χ3v) is 6.87. The molecule has 1 atom stereocenters. The van der Waals surface area contributed by atoms with Gasteiger partial charge in [-0.25, -0.2) is 4.98 Å². The lowest BCUT2D eigenvalue weighted by Crippen LogP contribution is -2.43. The SMILES string of the molecule is CCN(CC)CCn1c(NC(=O)C2CCCN2C(=O)c2cc(Cl)ccc2OC)nc2ccccc21. The lowest BCUT2D eigenvalue weighted by molar-refractivity contribution is -0.119. The van der Waals surface area contributed by atoms with Crippen LogP contribution < -0.4 is 10.1 Å². The summed E-state index contributed by atoms with van der Waals surface area (Å²) in [6.07, 6.45) is 1.32. The van der Waals surface area contributed by atoms with Gasteiger partial charge in [0.05, 0.1) is 23.7 Å². The fourth-order valence-corrected chi connectivity index (χ4v) is 4.83. The van der Waals surface area contributed by atoms with E-state index in [1.807, 2.05) is 28.8 Å². The lowest BCUT2D eigenvalue weighted by Gasteiger charge is -2.25. The Labute approximate surface area is 210 Å². The van der Waals surface area contributed by atoms with Crippen molar-refractivity contribution in [2.24, 2.45) is 0 Å². The van der Waals surface area contributed by atoms with Crippen molar-refractivity contribution in [1.29, 1.82) is 0 Å². The van der Waals surface area contributed by atoms with Gasteiger partial charge in [0.15, 0.2) is 0 Å². The van der Waals surface area contributed by atoms with Gasteiger partial charge in [-0.2, -0.15) is 0 Å². The second-order valence-electron chi connectivity index (χ2n) is 8.59. The number of hydrogen-bond acceptors (Lipinski definition) is 5. The second-order valence-corrected chi connectivity index (χ2v) is 9.03. The highest BCUT2D eigenvalue weighted by atomic mass is 35.5. The van der Waals surface area contributed by atoms with E-state index in [1.165, 1.54) is 7.11 Å². The number of methoxy groups -OCH3 is 1. The van der Waals surface area contributed by atoms with Crippen molar-refractivity contribution in [2.75, 3.05) is 38.6 Å². The van der Waals surface area contributed by atoms with Gasteiger partial charge in [0, 0.05) is 24.7 Å². The molecule has 0 spiro atoms. The Bertz CT molecular complexity index is 1210. The van der Waals surface area contributed by atoms with Crippen molar-refractivity contribution >= 4 is 40.4 Å². The number of ether oxygens (including phenoxy) is 1. The number of anilines is 1. The number of carbonyl (C=O) groups is 2. The molecule has 4 rings (SSSR count). The standard InChI is InChI=1S/C26H32ClN5O3/c1-4-30(5-2)15-16-32-21-10-7-6-9-20(21)28-26(32)29-24(33)22-11-8-14-31(22)25(34)19-17-18(27)12-13-23(19)35-3/h6-7,9-10,12-13,17,22H,4-5,8,11,14-16H2,1-3H3,(H,28,29,33). The summed E-state index contributed by atoms with van der Waals surface area (Å²) < 4.78 is 7.41. The van der Waals surface area contributed by atoms with Crippen molar-refractivity contribution in [3.05, 3.63) is 53.1 Å². The van der Waals surface area contributed by atoms with Crippen LogP contribution in [0.5, 0.6) is 5.75 Å². The molecule has 8 nitrogen and oxygen atoms in total. The summed E-state index contributed by atoms with van der Waals surface area (Å²) in [5.41, 5.74) is 2.15. The molecule has 186 valence electrons. The van der Waals surface area contributed by atoms with Crippen LogP contribution in [0.15, 0.2) is 42.5 Å². The summed E-state index contributed by atoms with van der Waals surface area (Å²) in [7, 11) is 1.51. The maximum Gasteiger partial charge on any atom is 0.258 e. The zero-order chi connectivity index (χ0) is 24.9. The van der Waals surface area contributed by atoms with Crippen LogP contribution in [0.25, 0.3) is 11.0 Å². The summed E-state index contributed by atoms with van der Waals surface area (Å²) in [6.45, 7) is 8.22. The molecule has 2 aromatic carbocycles. The Morgan fingerprint density at radius 1 is 1.20 bits per heavy atom. The van der Waals surface area contributed by atoms with Crippen LogP contribution in [0.2, 0.25) is 5.02 Å². The zero-order valence-corrected chi connectivity index (χ0v) is 21.2. The quantitative estimate of drug-likeness (QED) is 0.477. The van der Waals surface area contributed by atoms with Crippen molar-refractivity contribution in [3.63, 3.8) is 0 Å². The molecule has 2 amide bonds. The van der Waals surface area contributed by atoms with E-state index in [0.29, 0.717) is 41.8 Å². The minimum absolute atomic E-state index is 0.240. The van der Waals surface area contributed by atoms with Gasteiger partial charge < -0.3 is 19.1 Å². The smallest absolute Gasteiger partial charge is 0.258 e. The molecule has 1 unspecified atom stereocenters. The van der Waals surface area contributed by atoms with E-state index in [1.54, 1.807) is 23.1 Å². The largest absolute Gasteiger partial charge is 0.496 e. The van der Waals surface area contributed by atoms with Gasteiger partial charge in [0.25, 0.3) is 5.91 Å². The van der Waals surface area contributed by atoms with Crippen molar-refractivity contribution < 1.29 is 14.3 Å². The zero-order valence-electron chi connectivity index (χ0n) is 20.5. The molecular formula is C26H32ClN5O3. The van der Waals surface area contributed by atoms with E-state index in [9.17, 15) is 9.59 Å². The summed E-state index contributed by atoms with van der Waals surface area (Å²) in [5.74, 6) is 0.430. The molecule has 0 aliphatic carbocycles. The minimum atomic E-state index is -0.595. The van der Waals surface area contributed by atoms with Crippen LogP contribution in [0.1, 0.15) is 37.0 Å². The van der Waals surface area contributed by atoms with E-state index in [4.69, 9.17) is 21.3 Å². The molecular weight excluding hydrogens is 466 g/mol. The Kier molecular flexibility index (Phi) is 7.93. The fraction of sp³-hybridized carbons (Fsp3) is 0.423. The highest BCUT2D eigenvalue weighted by Crippen LogP contribution is 2.28. The summed E-state index contributed by atoms with van der Waals surface area (Å²) in [6, 6.07) is 12.2. The molecule has 0 bridgehead atoms. The van der Waals surface area contributed by atoms with E-state index in [0.717, 1.165) is 37.1 Å². The van der Waals surface area contributed by atoms with E-state index >= 15 is 0 Å². The number of para-hydroxylation sites is 2. The van der Waals surface area contributed by atoms with Crippen molar-refractivity contribution in [1.82, 2.24) is 19.4 Å². The van der Waals surface area contributed by atoms with Crippen LogP contribution >= 0.6 is 11.6 Å². The molecule has 1 saturated heterocycles. The predicted molar refractivity (Wildman–Crippen MR) is 138 cm³/mol.